The van der Waals surface area contributed by atoms with E-state index in [0.29, 0.717) is 11.6 Å². The predicted octanol–water partition coefficient (Wildman–Crippen LogP) is 3.41. The largest absolute Gasteiger partial charge is 0.452 e. The van der Waals surface area contributed by atoms with Gasteiger partial charge in [-0.05, 0) is 42.7 Å². The van der Waals surface area contributed by atoms with Crippen molar-refractivity contribution >= 4 is 29.2 Å². The van der Waals surface area contributed by atoms with Crippen molar-refractivity contribution in [3.63, 3.8) is 0 Å². The zero-order chi connectivity index (χ0) is 23.0. The van der Waals surface area contributed by atoms with Gasteiger partial charge in [0.2, 0.25) is 0 Å². The minimum absolute atomic E-state index is 0.000340. The van der Waals surface area contributed by atoms with Gasteiger partial charge in [-0.1, -0.05) is 26.0 Å². The van der Waals surface area contributed by atoms with E-state index in [-0.39, 0.29) is 24.2 Å². The first-order valence-electron chi connectivity index (χ1n) is 9.80. The molecule has 2 N–H and O–H groups in total. The fourth-order valence-electron chi connectivity index (χ4n) is 2.62. The van der Waals surface area contributed by atoms with Crippen LogP contribution in [0.15, 0.2) is 48.5 Å². The third-order valence-electron chi connectivity index (χ3n) is 4.48. The second-order valence-electron chi connectivity index (χ2n) is 7.21. The molecule has 9 nitrogen and oxygen atoms in total. The maximum Gasteiger partial charge on any atom is 0.308 e. The third kappa shape index (κ3) is 7.22. The molecule has 0 spiro atoms. The molecule has 1 unspecified atom stereocenters. The Morgan fingerprint density at radius 3 is 2.16 bits per heavy atom. The molecule has 1 atom stereocenters. The van der Waals surface area contributed by atoms with Crippen LogP contribution < -0.4 is 10.6 Å². The molecule has 2 aromatic carbocycles. The van der Waals surface area contributed by atoms with Gasteiger partial charge in [-0.15, -0.1) is 0 Å². The first-order chi connectivity index (χ1) is 14.7. The van der Waals surface area contributed by atoms with Crippen LogP contribution in [0, 0.1) is 10.1 Å². The number of nitro groups is 1. The number of amides is 2. The summed E-state index contributed by atoms with van der Waals surface area (Å²) in [7, 11) is 0. The molecule has 9 heteroatoms. The van der Waals surface area contributed by atoms with Crippen LogP contribution in [0.5, 0.6) is 0 Å². The summed E-state index contributed by atoms with van der Waals surface area (Å²) >= 11 is 0. The molecule has 2 aromatic rings. The summed E-state index contributed by atoms with van der Waals surface area (Å²) in [4.78, 5) is 46.2. The van der Waals surface area contributed by atoms with Crippen LogP contribution >= 0.6 is 0 Å². The van der Waals surface area contributed by atoms with Crippen LogP contribution in [-0.2, 0) is 14.3 Å². The van der Waals surface area contributed by atoms with Gasteiger partial charge in [0.1, 0.15) is 0 Å². The summed E-state index contributed by atoms with van der Waals surface area (Å²) in [5.74, 6) is -1.19. The molecule has 0 saturated heterocycles. The van der Waals surface area contributed by atoms with Gasteiger partial charge in [0.15, 0.2) is 6.10 Å². The summed E-state index contributed by atoms with van der Waals surface area (Å²) in [5, 5.41) is 15.8. The molecule has 0 fully saturated rings. The Hall–Kier alpha value is -3.75. The van der Waals surface area contributed by atoms with Crippen molar-refractivity contribution in [2.75, 3.05) is 11.9 Å². The molecule has 164 valence electrons. The molecule has 0 radical (unpaired) electrons. The Kier molecular flexibility index (Phi) is 8.25. The summed E-state index contributed by atoms with van der Waals surface area (Å²) in [6, 6.07) is 12.5. The average molecular weight is 427 g/mol. The van der Waals surface area contributed by atoms with Crippen LogP contribution in [0.3, 0.4) is 0 Å². The first kappa shape index (κ1) is 23.5. The first-order valence-corrected chi connectivity index (χ1v) is 9.80. The standard InChI is InChI=1S/C22H25N3O6/c1-14(2)16-4-8-18(9-5-16)24-21(27)15(3)31-20(26)12-13-23-22(28)17-6-10-19(11-7-17)25(29)30/h4-11,14-15H,12-13H2,1-3H3,(H,23,28)(H,24,27). The van der Waals surface area contributed by atoms with E-state index >= 15 is 0 Å². The minimum Gasteiger partial charge on any atom is -0.452 e. The van der Waals surface area contributed by atoms with Crippen LogP contribution in [0.4, 0.5) is 11.4 Å². The van der Waals surface area contributed by atoms with E-state index in [2.05, 4.69) is 24.5 Å². The highest BCUT2D eigenvalue weighted by Crippen LogP contribution is 2.17. The molecule has 0 aliphatic heterocycles. The Balaban J connectivity index is 1.75. The second-order valence-corrected chi connectivity index (χ2v) is 7.21. The average Bonchev–Trinajstić information content (AvgIpc) is 2.74. The maximum atomic E-state index is 12.2. The van der Waals surface area contributed by atoms with Crippen molar-refractivity contribution < 1.29 is 24.0 Å². The van der Waals surface area contributed by atoms with Crippen molar-refractivity contribution in [2.45, 2.75) is 39.2 Å². The zero-order valence-electron chi connectivity index (χ0n) is 17.6. The Morgan fingerprint density at radius 1 is 1.00 bits per heavy atom. The number of esters is 1. The topological polar surface area (TPSA) is 128 Å². The molecule has 31 heavy (non-hydrogen) atoms. The fourth-order valence-corrected chi connectivity index (χ4v) is 2.62. The number of carbonyl (C=O) groups excluding carboxylic acids is 3. The molecular formula is C22H25N3O6. The number of anilines is 1. The van der Waals surface area contributed by atoms with E-state index in [9.17, 15) is 24.5 Å². The molecule has 0 heterocycles. The van der Waals surface area contributed by atoms with Crippen LogP contribution in [0.1, 0.15) is 49.0 Å². The number of benzene rings is 2. The number of ether oxygens (including phenoxy) is 1. The lowest BCUT2D eigenvalue weighted by Gasteiger charge is -2.14. The number of nitro benzene ring substituents is 1. The van der Waals surface area contributed by atoms with Crippen molar-refractivity contribution in [1.82, 2.24) is 5.32 Å². The third-order valence-corrected chi connectivity index (χ3v) is 4.48. The van der Waals surface area contributed by atoms with Gasteiger partial charge in [0.05, 0.1) is 11.3 Å². The van der Waals surface area contributed by atoms with E-state index in [0.717, 1.165) is 5.56 Å². The highest BCUT2D eigenvalue weighted by Gasteiger charge is 2.18. The number of nitrogens with one attached hydrogen (secondary N) is 2. The normalized spacial score (nSPS) is 11.5. The lowest BCUT2D eigenvalue weighted by atomic mass is 10.0. The Bertz CT molecular complexity index is 939. The van der Waals surface area contributed by atoms with E-state index in [1.165, 1.54) is 31.2 Å². The fraction of sp³-hybridized carbons (Fsp3) is 0.318. The van der Waals surface area contributed by atoms with Crippen molar-refractivity contribution in [3.05, 3.63) is 69.8 Å². The Morgan fingerprint density at radius 2 is 1.61 bits per heavy atom. The van der Waals surface area contributed by atoms with Crippen LogP contribution in [0.2, 0.25) is 0 Å². The number of hydrogen-bond donors (Lipinski definition) is 2. The lowest BCUT2D eigenvalue weighted by molar-refractivity contribution is -0.384. The highest BCUT2D eigenvalue weighted by molar-refractivity contribution is 5.95. The number of non-ortho nitro benzene ring substituents is 1. The number of rotatable bonds is 9. The van der Waals surface area contributed by atoms with Gasteiger partial charge >= 0.3 is 5.97 Å². The van der Waals surface area contributed by atoms with E-state index < -0.39 is 28.8 Å². The highest BCUT2D eigenvalue weighted by atomic mass is 16.6. The predicted molar refractivity (Wildman–Crippen MR) is 115 cm³/mol. The second kappa shape index (κ2) is 10.9. The molecule has 0 aromatic heterocycles. The summed E-state index contributed by atoms with van der Waals surface area (Å²) < 4.78 is 5.10. The summed E-state index contributed by atoms with van der Waals surface area (Å²) in [6.45, 7) is 5.61. The SMILES string of the molecule is CC(OC(=O)CCNC(=O)c1ccc([N+](=O)[O-])cc1)C(=O)Nc1ccc(C(C)C)cc1. The monoisotopic (exact) mass is 427 g/mol. The zero-order valence-corrected chi connectivity index (χ0v) is 17.6. The molecule has 0 aliphatic carbocycles. The molecular weight excluding hydrogens is 402 g/mol. The summed E-state index contributed by atoms with van der Waals surface area (Å²) in [5.41, 5.74) is 1.86. The van der Waals surface area contributed by atoms with Gasteiger partial charge in [-0.2, -0.15) is 0 Å². The van der Waals surface area contributed by atoms with E-state index in [1.807, 2.05) is 12.1 Å². The molecule has 0 saturated carbocycles. The van der Waals surface area contributed by atoms with Gasteiger partial charge in [0, 0.05) is 29.9 Å². The number of carbonyl (C=O) groups is 3. The van der Waals surface area contributed by atoms with E-state index in [1.54, 1.807) is 12.1 Å². The number of hydrogen-bond acceptors (Lipinski definition) is 6. The van der Waals surface area contributed by atoms with Crippen molar-refractivity contribution in [3.8, 4) is 0 Å². The number of nitrogens with zero attached hydrogens (tertiary/aromatic N) is 1. The van der Waals surface area contributed by atoms with Crippen LogP contribution in [-0.4, -0.2) is 35.4 Å². The molecule has 0 aliphatic rings. The van der Waals surface area contributed by atoms with Crippen molar-refractivity contribution in [2.24, 2.45) is 0 Å². The summed E-state index contributed by atoms with van der Waals surface area (Å²) in [6.07, 6.45) is -1.12. The maximum absolute atomic E-state index is 12.2. The minimum atomic E-state index is -0.998. The molecule has 0 bridgehead atoms. The quantitative estimate of drug-likeness (QED) is 0.359. The van der Waals surface area contributed by atoms with Gasteiger partial charge < -0.3 is 15.4 Å². The van der Waals surface area contributed by atoms with Crippen LogP contribution in [0.25, 0.3) is 0 Å². The Labute approximate surface area is 179 Å². The molecule has 2 amide bonds. The lowest BCUT2D eigenvalue weighted by Crippen LogP contribution is -2.32. The smallest absolute Gasteiger partial charge is 0.308 e. The molecule has 2 rings (SSSR count). The van der Waals surface area contributed by atoms with Gasteiger partial charge in [0.25, 0.3) is 17.5 Å². The van der Waals surface area contributed by atoms with E-state index in [4.69, 9.17) is 4.74 Å². The van der Waals surface area contributed by atoms with Crippen molar-refractivity contribution in [1.29, 1.82) is 0 Å². The van der Waals surface area contributed by atoms with Gasteiger partial charge in [-0.3, -0.25) is 24.5 Å². The van der Waals surface area contributed by atoms with Gasteiger partial charge in [-0.25, -0.2) is 0 Å².